The third-order valence-corrected chi connectivity index (χ3v) is 3.95. The minimum Gasteiger partial charge on any atom is -0.324 e. The molecule has 0 aliphatic carbocycles. The highest BCUT2D eigenvalue weighted by molar-refractivity contribution is 6.30. The van der Waals surface area contributed by atoms with E-state index in [2.05, 4.69) is 5.32 Å². The normalized spacial score (nSPS) is 19.1. The lowest BCUT2D eigenvalue weighted by Gasteiger charge is -2.30. The molecular formula is C13H15ClF4N2. The van der Waals surface area contributed by atoms with Crippen molar-refractivity contribution in [1.82, 2.24) is 5.32 Å². The van der Waals surface area contributed by atoms with Gasteiger partial charge in [-0.25, -0.2) is 4.39 Å². The van der Waals surface area contributed by atoms with Crippen molar-refractivity contribution in [3.63, 3.8) is 0 Å². The second kappa shape index (κ2) is 5.87. The molecule has 1 atom stereocenters. The van der Waals surface area contributed by atoms with Gasteiger partial charge in [-0.05, 0) is 44.0 Å². The lowest BCUT2D eigenvalue weighted by atomic mass is 9.84. The van der Waals surface area contributed by atoms with Gasteiger partial charge in [0, 0.05) is 11.6 Å². The van der Waals surface area contributed by atoms with Crippen LogP contribution in [-0.4, -0.2) is 13.1 Å². The molecule has 0 amide bonds. The summed E-state index contributed by atoms with van der Waals surface area (Å²) in [5.41, 5.74) is 4.36. The maximum atomic E-state index is 14.1. The van der Waals surface area contributed by atoms with Gasteiger partial charge in [0.15, 0.2) is 0 Å². The first-order valence-electron chi connectivity index (χ1n) is 6.33. The largest absolute Gasteiger partial charge is 0.416 e. The van der Waals surface area contributed by atoms with Crippen LogP contribution in [-0.2, 0) is 6.18 Å². The molecule has 1 aromatic carbocycles. The summed E-state index contributed by atoms with van der Waals surface area (Å²) < 4.78 is 53.1. The van der Waals surface area contributed by atoms with Gasteiger partial charge in [-0.2, -0.15) is 13.2 Å². The van der Waals surface area contributed by atoms with Crippen LogP contribution in [0.5, 0.6) is 0 Å². The van der Waals surface area contributed by atoms with Gasteiger partial charge in [0.25, 0.3) is 0 Å². The van der Waals surface area contributed by atoms with E-state index in [1.54, 1.807) is 0 Å². The second-order valence-corrected chi connectivity index (χ2v) is 5.34. The SMILES string of the molecule is N[C@@H](c1c(C(F)(F)F)ccc(Cl)c1F)C1CCNCC1. The lowest BCUT2D eigenvalue weighted by molar-refractivity contribution is -0.138. The van der Waals surface area contributed by atoms with Crippen LogP contribution in [0.1, 0.15) is 30.0 Å². The predicted octanol–water partition coefficient (Wildman–Crippen LogP) is 3.50. The van der Waals surface area contributed by atoms with Crippen LogP contribution >= 0.6 is 11.6 Å². The molecule has 0 bridgehead atoms. The summed E-state index contributed by atoms with van der Waals surface area (Å²) in [6.45, 7) is 1.34. The molecule has 20 heavy (non-hydrogen) atoms. The van der Waals surface area contributed by atoms with E-state index in [9.17, 15) is 17.6 Å². The Kier molecular flexibility index (Phi) is 4.56. The summed E-state index contributed by atoms with van der Waals surface area (Å²) in [6.07, 6.45) is -3.42. The van der Waals surface area contributed by atoms with Gasteiger partial charge >= 0.3 is 6.18 Å². The average Bonchev–Trinajstić information content (AvgIpc) is 2.40. The van der Waals surface area contributed by atoms with Gasteiger partial charge < -0.3 is 11.1 Å². The standard InChI is InChI=1S/C13H15ClF4N2/c14-9-2-1-8(13(16,17)18)10(11(9)15)12(19)7-3-5-20-6-4-7/h1-2,7,12,20H,3-6,19H2/t12-/m1/s1. The highest BCUT2D eigenvalue weighted by Crippen LogP contribution is 2.40. The number of piperidine rings is 1. The van der Waals surface area contributed by atoms with E-state index in [4.69, 9.17) is 17.3 Å². The number of benzene rings is 1. The molecule has 0 spiro atoms. The third kappa shape index (κ3) is 3.07. The Labute approximate surface area is 119 Å². The van der Waals surface area contributed by atoms with Crippen LogP contribution in [0, 0.1) is 11.7 Å². The molecule has 1 aromatic rings. The molecule has 0 aromatic heterocycles. The van der Waals surface area contributed by atoms with Crippen molar-refractivity contribution in [3.8, 4) is 0 Å². The Morgan fingerprint density at radius 3 is 2.40 bits per heavy atom. The van der Waals surface area contributed by atoms with Crippen LogP contribution in [0.3, 0.4) is 0 Å². The van der Waals surface area contributed by atoms with E-state index < -0.39 is 29.2 Å². The van der Waals surface area contributed by atoms with Crippen LogP contribution < -0.4 is 11.1 Å². The third-order valence-electron chi connectivity index (χ3n) is 3.66. The molecule has 1 aliphatic rings. The van der Waals surface area contributed by atoms with Gasteiger partial charge in [0.1, 0.15) is 5.82 Å². The Hall–Kier alpha value is -0.850. The van der Waals surface area contributed by atoms with Crippen LogP contribution in [0.15, 0.2) is 12.1 Å². The molecule has 3 N–H and O–H groups in total. The molecule has 1 fully saturated rings. The fraction of sp³-hybridized carbons (Fsp3) is 0.538. The quantitative estimate of drug-likeness (QED) is 0.821. The first-order valence-corrected chi connectivity index (χ1v) is 6.71. The summed E-state index contributed by atoms with van der Waals surface area (Å²) in [5, 5.41) is 2.76. The van der Waals surface area contributed by atoms with Gasteiger partial charge in [0.2, 0.25) is 0 Å². The van der Waals surface area contributed by atoms with Crippen molar-refractivity contribution in [2.24, 2.45) is 11.7 Å². The molecular weight excluding hydrogens is 296 g/mol. The zero-order chi connectivity index (χ0) is 14.9. The van der Waals surface area contributed by atoms with Crippen molar-refractivity contribution in [3.05, 3.63) is 34.1 Å². The van der Waals surface area contributed by atoms with Gasteiger partial charge in [-0.15, -0.1) is 0 Å². The maximum Gasteiger partial charge on any atom is 0.416 e. The Bertz CT molecular complexity index is 484. The number of hydrogen-bond acceptors (Lipinski definition) is 2. The molecule has 2 nitrogen and oxygen atoms in total. The Morgan fingerprint density at radius 1 is 1.25 bits per heavy atom. The number of rotatable bonds is 2. The van der Waals surface area contributed by atoms with Crippen molar-refractivity contribution in [1.29, 1.82) is 0 Å². The molecule has 0 radical (unpaired) electrons. The average molecular weight is 311 g/mol. The molecule has 0 unspecified atom stereocenters. The maximum absolute atomic E-state index is 14.1. The van der Waals surface area contributed by atoms with E-state index in [0.29, 0.717) is 25.9 Å². The number of hydrogen-bond donors (Lipinski definition) is 2. The lowest BCUT2D eigenvalue weighted by Crippen LogP contribution is -2.35. The first kappa shape index (κ1) is 15.5. The minimum atomic E-state index is -4.65. The highest BCUT2D eigenvalue weighted by atomic mass is 35.5. The van der Waals surface area contributed by atoms with Crippen molar-refractivity contribution in [2.45, 2.75) is 25.1 Å². The van der Waals surface area contributed by atoms with Gasteiger partial charge in [-0.3, -0.25) is 0 Å². The molecule has 1 aliphatic heterocycles. The molecule has 2 rings (SSSR count). The van der Waals surface area contributed by atoms with Crippen LogP contribution in [0.4, 0.5) is 17.6 Å². The van der Waals surface area contributed by atoms with Crippen molar-refractivity contribution < 1.29 is 17.6 Å². The number of nitrogens with one attached hydrogen (secondary N) is 1. The summed E-state index contributed by atoms with van der Waals surface area (Å²) in [6, 6.07) is 0.701. The zero-order valence-electron chi connectivity index (χ0n) is 10.6. The van der Waals surface area contributed by atoms with Crippen molar-refractivity contribution in [2.75, 3.05) is 13.1 Å². The Morgan fingerprint density at radius 2 is 1.85 bits per heavy atom. The minimum absolute atomic E-state index is 0.190. The van der Waals surface area contributed by atoms with E-state index in [0.717, 1.165) is 12.1 Å². The number of halogens is 5. The molecule has 1 saturated heterocycles. The topological polar surface area (TPSA) is 38.0 Å². The van der Waals surface area contributed by atoms with Crippen LogP contribution in [0.2, 0.25) is 5.02 Å². The highest BCUT2D eigenvalue weighted by Gasteiger charge is 2.38. The summed E-state index contributed by atoms with van der Waals surface area (Å²) in [7, 11) is 0. The first-order chi connectivity index (χ1) is 9.32. The molecule has 112 valence electrons. The predicted molar refractivity (Wildman–Crippen MR) is 68.9 cm³/mol. The summed E-state index contributed by atoms with van der Waals surface area (Å²) >= 11 is 5.61. The van der Waals surface area contributed by atoms with Gasteiger partial charge in [0.05, 0.1) is 10.6 Å². The van der Waals surface area contributed by atoms with E-state index >= 15 is 0 Å². The fourth-order valence-corrected chi connectivity index (χ4v) is 2.74. The molecule has 0 saturated carbocycles. The van der Waals surface area contributed by atoms with Gasteiger partial charge in [-0.1, -0.05) is 11.6 Å². The molecule has 7 heteroatoms. The van der Waals surface area contributed by atoms with E-state index in [1.165, 1.54) is 0 Å². The molecule has 1 heterocycles. The number of nitrogens with two attached hydrogens (primary N) is 1. The van der Waals surface area contributed by atoms with Crippen LogP contribution in [0.25, 0.3) is 0 Å². The van der Waals surface area contributed by atoms with E-state index in [-0.39, 0.29) is 10.9 Å². The zero-order valence-corrected chi connectivity index (χ0v) is 11.4. The monoisotopic (exact) mass is 310 g/mol. The number of alkyl halides is 3. The fourth-order valence-electron chi connectivity index (χ4n) is 2.58. The smallest absolute Gasteiger partial charge is 0.324 e. The van der Waals surface area contributed by atoms with E-state index in [1.807, 2.05) is 0 Å². The second-order valence-electron chi connectivity index (χ2n) is 4.93. The van der Waals surface area contributed by atoms with Crippen molar-refractivity contribution >= 4 is 11.6 Å². The Balaban J connectivity index is 2.44. The summed E-state index contributed by atoms with van der Waals surface area (Å²) in [4.78, 5) is 0. The summed E-state index contributed by atoms with van der Waals surface area (Å²) in [5.74, 6) is -1.25.